The molecule has 0 aliphatic rings. The quantitative estimate of drug-likeness (QED) is 0.293. The summed E-state index contributed by atoms with van der Waals surface area (Å²) in [5, 5.41) is 1.36. The fourth-order valence-electron chi connectivity index (χ4n) is 2.91. The number of nitrogens with zero attached hydrogens (tertiary/aromatic N) is 3. The average molecular weight is 466 g/mol. The Kier molecular flexibility index (Phi) is 8.11. The smallest absolute Gasteiger partial charge is 0.228 e. The predicted octanol–water partition coefficient (Wildman–Crippen LogP) is 5.86. The first kappa shape index (κ1) is 23.0. The molecule has 3 aromatic rings. The van der Waals surface area contributed by atoms with Crippen LogP contribution in [0.5, 0.6) is 0 Å². The van der Waals surface area contributed by atoms with Gasteiger partial charge in [-0.15, -0.1) is 11.8 Å². The molecule has 0 fully saturated rings. The van der Waals surface area contributed by atoms with Crippen LogP contribution in [-0.2, 0) is 4.79 Å². The topological polar surface area (TPSA) is 36.4 Å². The molecule has 0 N–H and O–H groups in total. The van der Waals surface area contributed by atoms with Gasteiger partial charge < -0.3 is 4.90 Å². The minimum atomic E-state index is -0.239. The van der Waals surface area contributed by atoms with Gasteiger partial charge in [0.1, 0.15) is 5.82 Å². The van der Waals surface area contributed by atoms with E-state index in [1.165, 1.54) is 23.5 Å². The molecule has 1 heterocycles. The summed E-state index contributed by atoms with van der Waals surface area (Å²) in [7, 11) is 3.97. The largest absolute Gasteiger partial charge is 0.308 e. The normalized spacial score (nSPS) is 11.4. The first-order chi connectivity index (χ1) is 14.3. The molecule has 0 unspecified atom stereocenters. The Balaban J connectivity index is 1.68. The minimum absolute atomic E-state index is 0.0596. The molecule has 0 aliphatic carbocycles. The number of benzene rings is 2. The van der Waals surface area contributed by atoms with Gasteiger partial charge in [-0.05, 0) is 69.1 Å². The number of fused-ring (bicyclic) bond motifs is 1. The molecule has 0 spiro atoms. The first-order valence-corrected chi connectivity index (χ1v) is 11.9. The number of thioether (sulfide) groups is 1. The van der Waals surface area contributed by atoms with E-state index in [1.807, 2.05) is 33.2 Å². The Morgan fingerprint density at radius 2 is 1.90 bits per heavy atom. The summed E-state index contributed by atoms with van der Waals surface area (Å²) in [6, 6.07) is 10.3. The lowest BCUT2D eigenvalue weighted by molar-refractivity contribution is -0.118. The molecule has 1 aromatic heterocycles. The molecule has 0 radical (unpaired) electrons. The van der Waals surface area contributed by atoms with E-state index < -0.39 is 0 Å². The molecule has 2 aromatic carbocycles. The van der Waals surface area contributed by atoms with Crippen molar-refractivity contribution >= 4 is 56.0 Å². The van der Waals surface area contributed by atoms with Crippen molar-refractivity contribution in [2.24, 2.45) is 0 Å². The standard InChI is InChI=1S/C22H25ClFN3OS2/c1-15-6-11-18(23)21-20(15)25-22(30-21)27(13-12-26(2)3)19(28)5-4-14-29-17-9-7-16(24)8-10-17/h6-11H,4-5,12-14H2,1-3H3. The van der Waals surface area contributed by atoms with E-state index in [1.54, 1.807) is 28.8 Å². The first-order valence-electron chi connectivity index (χ1n) is 9.74. The number of hydrogen-bond acceptors (Lipinski definition) is 5. The number of anilines is 1. The number of rotatable bonds is 9. The summed E-state index contributed by atoms with van der Waals surface area (Å²) >= 11 is 9.45. The van der Waals surface area contributed by atoms with E-state index in [0.29, 0.717) is 23.1 Å². The van der Waals surface area contributed by atoms with Crippen molar-refractivity contribution in [1.29, 1.82) is 0 Å². The Labute approximate surface area is 190 Å². The van der Waals surface area contributed by atoms with Crippen molar-refractivity contribution in [2.45, 2.75) is 24.7 Å². The second-order valence-electron chi connectivity index (χ2n) is 7.29. The summed E-state index contributed by atoms with van der Waals surface area (Å²) < 4.78 is 13.9. The number of aromatic nitrogens is 1. The number of aryl methyl sites for hydroxylation is 1. The highest BCUT2D eigenvalue weighted by Crippen LogP contribution is 2.36. The molecule has 0 atom stereocenters. The van der Waals surface area contributed by atoms with Gasteiger partial charge in [0.05, 0.1) is 15.2 Å². The van der Waals surface area contributed by atoms with Crippen molar-refractivity contribution in [3.63, 3.8) is 0 Å². The van der Waals surface area contributed by atoms with Gasteiger partial charge in [0.25, 0.3) is 0 Å². The summed E-state index contributed by atoms with van der Waals surface area (Å²) in [5.74, 6) is 0.616. The van der Waals surface area contributed by atoms with E-state index in [2.05, 4.69) is 4.90 Å². The summed E-state index contributed by atoms with van der Waals surface area (Å²) in [6.07, 6.45) is 1.17. The average Bonchev–Trinajstić information content (AvgIpc) is 3.16. The molecule has 160 valence electrons. The van der Waals surface area contributed by atoms with Crippen molar-refractivity contribution in [2.75, 3.05) is 37.8 Å². The zero-order valence-corrected chi connectivity index (χ0v) is 19.7. The van der Waals surface area contributed by atoms with Crippen LogP contribution in [0.15, 0.2) is 41.3 Å². The second kappa shape index (κ2) is 10.6. The molecule has 8 heteroatoms. The number of amides is 1. The lowest BCUT2D eigenvalue weighted by atomic mass is 10.2. The molecule has 0 bridgehead atoms. The molecule has 3 rings (SSSR count). The lowest BCUT2D eigenvalue weighted by Gasteiger charge is -2.22. The van der Waals surface area contributed by atoms with E-state index in [0.717, 1.165) is 39.4 Å². The third-order valence-electron chi connectivity index (χ3n) is 4.61. The molecule has 0 saturated heterocycles. The zero-order chi connectivity index (χ0) is 21.7. The predicted molar refractivity (Wildman–Crippen MR) is 127 cm³/mol. The number of carbonyl (C=O) groups is 1. The number of likely N-dealkylation sites (N-methyl/N-ethyl adjacent to an activating group) is 1. The van der Waals surface area contributed by atoms with Crippen LogP contribution in [0.4, 0.5) is 9.52 Å². The summed E-state index contributed by atoms with van der Waals surface area (Å²) in [4.78, 5) is 22.6. The Morgan fingerprint density at radius 1 is 1.17 bits per heavy atom. The molecular formula is C22H25ClFN3OS2. The van der Waals surface area contributed by atoms with Gasteiger partial charge in [0.15, 0.2) is 5.13 Å². The van der Waals surface area contributed by atoms with Crippen LogP contribution in [0, 0.1) is 12.7 Å². The van der Waals surface area contributed by atoms with Crippen LogP contribution in [0.1, 0.15) is 18.4 Å². The van der Waals surface area contributed by atoms with E-state index in [-0.39, 0.29) is 11.7 Å². The highest BCUT2D eigenvalue weighted by molar-refractivity contribution is 7.99. The molecule has 30 heavy (non-hydrogen) atoms. The zero-order valence-electron chi connectivity index (χ0n) is 17.3. The van der Waals surface area contributed by atoms with E-state index in [4.69, 9.17) is 16.6 Å². The van der Waals surface area contributed by atoms with Gasteiger partial charge >= 0.3 is 0 Å². The number of halogens is 2. The molecule has 0 saturated carbocycles. The van der Waals surface area contributed by atoms with E-state index >= 15 is 0 Å². The summed E-state index contributed by atoms with van der Waals surface area (Å²) in [5.41, 5.74) is 1.91. The summed E-state index contributed by atoms with van der Waals surface area (Å²) in [6.45, 7) is 3.33. The van der Waals surface area contributed by atoms with Crippen LogP contribution in [0.2, 0.25) is 5.02 Å². The Bertz CT molecular complexity index is 969. The highest BCUT2D eigenvalue weighted by Gasteiger charge is 2.21. The molecular weight excluding hydrogens is 441 g/mol. The van der Waals surface area contributed by atoms with Gasteiger partial charge in [-0.2, -0.15) is 0 Å². The minimum Gasteiger partial charge on any atom is -0.308 e. The second-order valence-corrected chi connectivity index (χ2v) is 9.85. The van der Waals surface area contributed by atoms with Gasteiger partial charge in [-0.1, -0.05) is 29.0 Å². The van der Waals surface area contributed by atoms with Gasteiger partial charge in [-0.25, -0.2) is 9.37 Å². The number of hydrogen-bond donors (Lipinski definition) is 0. The number of thiazole rings is 1. The van der Waals surface area contributed by atoms with Crippen molar-refractivity contribution in [3.05, 3.63) is 52.8 Å². The highest BCUT2D eigenvalue weighted by atomic mass is 35.5. The Morgan fingerprint density at radius 3 is 2.57 bits per heavy atom. The lowest BCUT2D eigenvalue weighted by Crippen LogP contribution is -2.36. The molecule has 4 nitrogen and oxygen atoms in total. The monoisotopic (exact) mass is 465 g/mol. The van der Waals surface area contributed by atoms with Crippen LogP contribution >= 0.6 is 34.7 Å². The van der Waals surface area contributed by atoms with Gasteiger partial charge in [0.2, 0.25) is 5.91 Å². The van der Waals surface area contributed by atoms with Crippen molar-refractivity contribution < 1.29 is 9.18 Å². The fraction of sp³-hybridized carbons (Fsp3) is 0.364. The maximum absolute atomic E-state index is 13.0. The number of carbonyl (C=O) groups excluding carboxylic acids is 1. The maximum atomic E-state index is 13.0. The Hall–Kier alpha value is -1.67. The maximum Gasteiger partial charge on any atom is 0.228 e. The van der Waals surface area contributed by atoms with Gasteiger partial charge in [0, 0.05) is 24.4 Å². The fourth-order valence-corrected chi connectivity index (χ4v) is 5.13. The van der Waals surface area contributed by atoms with Crippen LogP contribution in [0.3, 0.4) is 0 Å². The third kappa shape index (κ3) is 5.94. The van der Waals surface area contributed by atoms with Crippen molar-refractivity contribution in [1.82, 2.24) is 9.88 Å². The SMILES string of the molecule is Cc1ccc(Cl)c2sc(N(CCN(C)C)C(=O)CCCSc3ccc(F)cc3)nc12. The van der Waals surface area contributed by atoms with Crippen LogP contribution < -0.4 is 4.90 Å². The van der Waals surface area contributed by atoms with Crippen molar-refractivity contribution in [3.8, 4) is 0 Å². The van der Waals surface area contributed by atoms with Crippen LogP contribution in [-0.4, -0.2) is 48.7 Å². The third-order valence-corrected chi connectivity index (χ3v) is 7.24. The van der Waals surface area contributed by atoms with Gasteiger partial charge in [-0.3, -0.25) is 9.69 Å². The van der Waals surface area contributed by atoms with Crippen LogP contribution in [0.25, 0.3) is 10.2 Å². The molecule has 1 amide bonds. The van der Waals surface area contributed by atoms with E-state index in [9.17, 15) is 9.18 Å². The molecule has 0 aliphatic heterocycles.